The molecule has 0 saturated heterocycles. The first kappa shape index (κ1) is 18.6. The molecule has 1 N–H and O–H groups in total. The highest BCUT2D eigenvalue weighted by molar-refractivity contribution is 5.84. The van der Waals surface area contributed by atoms with E-state index in [0.717, 1.165) is 30.6 Å². The molecule has 0 spiro atoms. The molecule has 28 heavy (non-hydrogen) atoms. The Morgan fingerprint density at radius 3 is 2.89 bits per heavy atom. The number of hydrogen-bond acceptors (Lipinski definition) is 2. The summed E-state index contributed by atoms with van der Waals surface area (Å²) in [5, 5.41) is 4.33. The van der Waals surface area contributed by atoms with Crippen LogP contribution in [0.2, 0.25) is 0 Å². The van der Waals surface area contributed by atoms with E-state index < -0.39 is 0 Å². The van der Waals surface area contributed by atoms with Gasteiger partial charge in [-0.25, -0.2) is 0 Å². The van der Waals surface area contributed by atoms with Crippen LogP contribution >= 0.6 is 0 Å². The van der Waals surface area contributed by atoms with Crippen molar-refractivity contribution >= 4 is 16.8 Å². The third-order valence-electron chi connectivity index (χ3n) is 5.57. The van der Waals surface area contributed by atoms with E-state index >= 15 is 0 Å². The molecule has 1 aliphatic rings. The summed E-state index contributed by atoms with van der Waals surface area (Å²) < 4.78 is 8.17. The van der Waals surface area contributed by atoms with E-state index in [4.69, 9.17) is 4.74 Å². The zero-order valence-electron chi connectivity index (χ0n) is 16.9. The molecule has 0 unspecified atom stereocenters. The molecule has 4 heteroatoms. The van der Waals surface area contributed by atoms with Gasteiger partial charge in [0.05, 0.1) is 6.42 Å². The van der Waals surface area contributed by atoms with Crippen molar-refractivity contribution in [3.63, 3.8) is 0 Å². The van der Waals surface area contributed by atoms with E-state index in [1.807, 2.05) is 12.1 Å². The van der Waals surface area contributed by atoms with Gasteiger partial charge in [0.15, 0.2) is 0 Å². The van der Waals surface area contributed by atoms with Gasteiger partial charge in [0, 0.05) is 30.7 Å². The lowest BCUT2D eigenvalue weighted by Gasteiger charge is -2.32. The molecule has 1 amide bonds. The second-order valence-electron chi connectivity index (χ2n) is 8.36. The van der Waals surface area contributed by atoms with Gasteiger partial charge in [0.1, 0.15) is 11.4 Å². The number of amides is 1. The van der Waals surface area contributed by atoms with Gasteiger partial charge in [-0.2, -0.15) is 0 Å². The maximum Gasteiger partial charge on any atom is 0.224 e. The first-order valence-electron chi connectivity index (χ1n) is 10.0. The van der Waals surface area contributed by atoms with E-state index in [1.165, 1.54) is 22.0 Å². The Kier molecular flexibility index (Phi) is 4.88. The van der Waals surface area contributed by atoms with Gasteiger partial charge in [-0.1, -0.05) is 30.3 Å². The van der Waals surface area contributed by atoms with Crippen molar-refractivity contribution < 1.29 is 9.53 Å². The second kappa shape index (κ2) is 7.34. The number of benzene rings is 2. The van der Waals surface area contributed by atoms with Crippen LogP contribution in [0.4, 0.5) is 0 Å². The molecule has 1 aliphatic heterocycles. The van der Waals surface area contributed by atoms with Crippen LogP contribution in [0, 0.1) is 0 Å². The number of hydrogen-bond donors (Lipinski definition) is 1. The molecule has 4 nitrogen and oxygen atoms in total. The van der Waals surface area contributed by atoms with Gasteiger partial charge >= 0.3 is 0 Å². The maximum absolute atomic E-state index is 12.4. The van der Waals surface area contributed by atoms with Crippen LogP contribution in [0.1, 0.15) is 37.0 Å². The van der Waals surface area contributed by atoms with Gasteiger partial charge in [0.25, 0.3) is 0 Å². The summed E-state index contributed by atoms with van der Waals surface area (Å²) in [5.74, 6) is 1.02. The number of nitrogens with zero attached hydrogens (tertiary/aromatic N) is 1. The van der Waals surface area contributed by atoms with Crippen LogP contribution < -0.4 is 10.1 Å². The minimum Gasteiger partial charge on any atom is -0.488 e. The number of para-hydroxylation sites is 1. The lowest BCUT2D eigenvalue weighted by Crippen LogP contribution is -2.32. The van der Waals surface area contributed by atoms with Gasteiger partial charge in [-0.15, -0.1) is 0 Å². The maximum atomic E-state index is 12.4. The highest BCUT2D eigenvalue weighted by Crippen LogP contribution is 2.33. The fourth-order valence-corrected chi connectivity index (χ4v) is 4.03. The van der Waals surface area contributed by atoms with Crippen molar-refractivity contribution in [1.82, 2.24) is 9.88 Å². The Morgan fingerprint density at radius 1 is 1.21 bits per heavy atom. The summed E-state index contributed by atoms with van der Waals surface area (Å²) >= 11 is 0. The van der Waals surface area contributed by atoms with E-state index in [2.05, 4.69) is 67.3 Å². The lowest BCUT2D eigenvalue weighted by atomic mass is 9.93. The molecule has 0 radical (unpaired) electrons. The van der Waals surface area contributed by atoms with Crippen LogP contribution in [0.5, 0.6) is 5.75 Å². The number of ether oxygens (including phenoxy) is 1. The van der Waals surface area contributed by atoms with E-state index in [0.29, 0.717) is 13.0 Å². The summed E-state index contributed by atoms with van der Waals surface area (Å²) in [4.78, 5) is 12.4. The molecular formula is C24H28N2O2. The van der Waals surface area contributed by atoms with Gasteiger partial charge in [-0.3, -0.25) is 4.79 Å². The zero-order valence-corrected chi connectivity index (χ0v) is 16.9. The summed E-state index contributed by atoms with van der Waals surface area (Å²) in [6.45, 7) is 4.88. The van der Waals surface area contributed by atoms with Crippen LogP contribution in [0.25, 0.3) is 10.9 Å². The minimum atomic E-state index is -0.104. The van der Waals surface area contributed by atoms with Crippen molar-refractivity contribution in [2.75, 3.05) is 6.54 Å². The fourth-order valence-electron chi connectivity index (χ4n) is 4.03. The van der Waals surface area contributed by atoms with Crippen LogP contribution in [0.3, 0.4) is 0 Å². The number of nitrogens with one attached hydrogen (secondary N) is 1. The Labute approximate surface area is 166 Å². The number of aryl methyl sites for hydroxylation is 2. The van der Waals surface area contributed by atoms with Crippen LogP contribution in [0.15, 0.2) is 48.7 Å². The first-order chi connectivity index (χ1) is 13.4. The molecule has 0 saturated carbocycles. The predicted molar refractivity (Wildman–Crippen MR) is 113 cm³/mol. The standard InChI is InChI=1S/C24H28N2O2/c1-24(2)12-10-18-14-17(8-9-22(18)28-24)15-23(27)25-13-11-19-16-26(3)21-7-5-4-6-20(19)21/h4-9,14,16H,10-13,15H2,1-3H3,(H,25,27). The average molecular weight is 377 g/mol. The van der Waals surface area contributed by atoms with Crippen LogP contribution in [-0.4, -0.2) is 22.6 Å². The third-order valence-corrected chi connectivity index (χ3v) is 5.57. The highest BCUT2D eigenvalue weighted by atomic mass is 16.5. The summed E-state index contributed by atoms with van der Waals surface area (Å²) in [7, 11) is 2.06. The fraction of sp³-hybridized carbons (Fsp3) is 0.375. The zero-order chi connectivity index (χ0) is 19.7. The predicted octanol–water partition coefficient (Wildman–Crippen LogP) is 4.18. The Morgan fingerprint density at radius 2 is 2.04 bits per heavy atom. The minimum absolute atomic E-state index is 0.0669. The molecule has 0 aliphatic carbocycles. The monoisotopic (exact) mass is 376 g/mol. The molecule has 146 valence electrons. The van der Waals surface area contributed by atoms with E-state index in [-0.39, 0.29) is 11.5 Å². The molecule has 4 rings (SSSR count). The number of aromatic nitrogens is 1. The van der Waals surface area contributed by atoms with Gasteiger partial charge in [0.2, 0.25) is 5.91 Å². The van der Waals surface area contributed by atoms with Crippen LogP contribution in [-0.2, 0) is 31.1 Å². The van der Waals surface area contributed by atoms with Crippen molar-refractivity contribution in [1.29, 1.82) is 0 Å². The van der Waals surface area contributed by atoms with E-state index in [9.17, 15) is 4.79 Å². The Bertz CT molecular complexity index is 1020. The molecular weight excluding hydrogens is 348 g/mol. The first-order valence-corrected chi connectivity index (χ1v) is 10.0. The summed E-state index contributed by atoms with van der Waals surface area (Å²) in [5.41, 5.74) is 4.65. The quantitative estimate of drug-likeness (QED) is 0.726. The molecule has 0 fully saturated rings. The smallest absolute Gasteiger partial charge is 0.224 e. The molecule has 2 aromatic carbocycles. The summed E-state index contributed by atoms with van der Waals surface area (Å²) in [6, 6.07) is 14.5. The van der Waals surface area contributed by atoms with Gasteiger partial charge < -0.3 is 14.6 Å². The van der Waals surface area contributed by atoms with Gasteiger partial charge in [-0.05, 0) is 61.9 Å². The number of rotatable bonds is 5. The average Bonchev–Trinajstić information content (AvgIpc) is 2.98. The SMILES string of the molecule is Cn1cc(CCNC(=O)Cc2ccc3c(c2)CCC(C)(C)O3)c2ccccc21. The highest BCUT2D eigenvalue weighted by Gasteiger charge is 2.26. The largest absolute Gasteiger partial charge is 0.488 e. The van der Waals surface area contributed by atoms with E-state index in [1.54, 1.807) is 0 Å². The number of carbonyl (C=O) groups is 1. The summed E-state index contributed by atoms with van der Waals surface area (Å²) in [6.07, 6.45) is 5.40. The Hall–Kier alpha value is -2.75. The third kappa shape index (κ3) is 3.91. The molecule has 3 aromatic rings. The molecule has 0 atom stereocenters. The Balaban J connectivity index is 1.34. The van der Waals surface area contributed by atoms with Crippen molar-refractivity contribution in [2.45, 2.75) is 45.1 Å². The number of fused-ring (bicyclic) bond motifs is 2. The lowest BCUT2D eigenvalue weighted by molar-refractivity contribution is -0.120. The molecule has 0 bridgehead atoms. The normalized spacial score (nSPS) is 15.1. The number of carbonyl (C=O) groups excluding carboxylic acids is 1. The molecule has 1 aromatic heterocycles. The second-order valence-corrected chi connectivity index (χ2v) is 8.36. The van der Waals surface area contributed by atoms with Crippen molar-refractivity contribution in [2.24, 2.45) is 7.05 Å². The molecule has 2 heterocycles. The van der Waals surface area contributed by atoms with Crippen molar-refractivity contribution in [3.8, 4) is 5.75 Å². The topological polar surface area (TPSA) is 43.3 Å². The van der Waals surface area contributed by atoms with Crippen molar-refractivity contribution in [3.05, 3.63) is 65.4 Å².